The zero-order valence-electron chi connectivity index (χ0n) is 8.72. The summed E-state index contributed by atoms with van der Waals surface area (Å²) in [7, 11) is 0. The maximum absolute atomic E-state index is 10.0. The number of aromatic hydroxyl groups is 1. The molecule has 17 heavy (non-hydrogen) atoms. The third kappa shape index (κ3) is 2.20. The minimum Gasteiger partial charge on any atom is -0.506 e. The Bertz CT molecular complexity index is 575. The number of phenols is 1. The molecule has 0 saturated heterocycles. The molecule has 2 aromatic rings. The standard InChI is InChI=1S/C12H9BrN2OS/c13-8-4-3-7(6-14)12(16)10(8)11(15)9-2-1-5-17-9/h1-5,11,16H,15H2/t11-/m0/s1. The van der Waals surface area contributed by atoms with Crippen molar-refractivity contribution in [2.45, 2.75) is 6.04 Å². The van der Waals surface area contributed by atoms with Gasteiger partial charge in [-0.25, -0.2) is 0 Å². The van der Waals surface area contributed by atoms with Crippen LogP contribution >= 0.6 is 27.3 Å². The first kappa shape index (κ1) is 12.1. The first-order valence-electron chi connectivity index (χ1n) is 4.85. The Hall–Kier alpha value is -1.35. The number of halogens is 1. The Morgan fingerprint density at radius 3 is 2.76 bits per heavy atom. The fourth-order valence-corrected chi connectivity index (χ4v) is 2.88. The van der Waals surface area contributed by atoms with Crippen molar-refractivity contribution in [3.05, 3.63) is 50.1 Å². The second-order valence-corrected chi connectivity index (χ2v) is 5.30. The molecule has 3 nitrogen and oxygen atoms in total. The summed E-state index contributed by atoms with van der Waals surface area (Å²) in [6.45, 7) is 0. The average Bonchev–Trinajstić information content (AvgIpc) is 2.82. The highest BCUT2D eigenvalue weighted by Gasteiger charge is 2.19. The lowest BCUT2D eigenvalue weighted by molar-refractivity contribution is 0.463. The van der Waals surface area contributed by atoms with Gasteiger partial charge in [0.05, 0.1) is 11.6 Å². The highest BCUT2D eigenvalue weighted by molar-refractivity contribution is 9.10. The van der Waals surface area contributed by atoms with E-state index in [2.05, 4.69) is 15.9 Å². The molecule has 0 aliphatic carbocycles. The Kier molecular flexibility index (Phi) is 3.48. The third-order valence-electron chi connectivity index (χ3n) is 2.45. The van der Waals surface area contributed by atoms with Crippen LogP contribution in [0.5, 0.6) is 5.75 Å². The molecular weight excluding hydrogens is 300 g/mol. The first-order valence-corrected chi connectivity index (χ1v) is 6.53. The monoisotopic (exact) mass is 308 g/mol. The summed E-state index contributed by atoms with van der Waals surface area (Å²) in [6, 6.07) is 8.59. The van der Waals surface area contributed by atoms with Crippen LogP contribution in [-0.2, 0) is 0 Å². The fraction of sp³-hybridized carbons (Fsp3) is 0.0833. The first-order chi connectivity index (χ1) is 8.15. The predicted molar refractivity (Wildman–Crippen MR) is 70.9 cm³/mol. The molecule has 1 heterocycles. The van der Waals surface area contributed by atoms with Crippen molar-refractivity contribution >= 4 is 27.3 Å². The van der Waals surface area contributed by atoms with Crippen molar-refractivity contribution in [3.8, 4) is 11.8 Å². The minimum absolute atomic E-state index is 0.0530. The third-order valence-corrected chi connectivity index (χ3v) is 4.09. The van der Waals surface area contributed by atoms with E-state index in [0.717, 1.165) is 4.88 Å². The number of hydrogen-bond acceptors (Lipinski definition) is 4. The van der Waals surface area contributed by atoms with E-state index in [1.807, 2.05) is 23.6 Å². The molecule has 0 fully saturated rings. The van der Waals surface area contributed by atoms with Crippen molar-refractivity contribution in [1.29, 1.82) is 5.26 Å². The molecule has 0 aliphatic rings. The molecule has 0 bridgehead atoms. The molecule has 1 aromatic carbocycles. The summed E-state index contributed by atoms with van der Waals surface area (Å²) < 4.78 is 0.704. The van der Waals surface area contributed by atoms with E-state index in [9.17, 15) is 5.11 Å². The molecule has 0 radical (unpaired) electrons. The highest BCUT2D eigenvalue weighted by Crippen LogP contribution is 2.37. The molecule has 0 aliphatic heterocycles. The van der Waals surface area contributed by atoms with E-state index in [0.29, 0.717) is 10.0 Å². The summed E-state index contributed by atoms with van der Waals surface area (Å²) >= 11 is 4.87. The molecule has 5 heteroatoms. The quantitative estimate of drug-likeness (QED) is 0.895. The molecule has 0 saturated carbocycles. The number of hydrogen-bond donors (Lipinski definition) is 2. The van der Waals surface area contributed by atoms with Crippen molar-refractivity contribution in [2.24, 2.45) is 5.73 Å². The van der Waals surface area contributed by atoms with Gasteiger partial charge >= 0.3 is 0 Å². The van der Waals surface area contributed by atoms with Gasteiger partial charge in [0.1, 0.15) is 11.8 Å². The Morgan fingerprint density at radius 2 is 2.18 bits per heavy atom. The summed E-state index contributed by atoms with van der Waals surface area (Å²) in [4.78, 5) is 0.941. The SMILES string of the molecule is N#Cc1ccc(Br)c([C@@H](N)c2cccs2)c1O. The number of thiophene rings is 1. The molecular formula is C12H9BrN2OS. The second kappa shape index (κ2) is 4.88. The van der Waals surface area contributed by atoms with E-state index >= 15 is 0 Å². The number of nitrogens with zero attached hydrogens (tertiary/aromatic N) is 1. The van der Waals surface area contributed by atoms with Crippen LogP contribution in [0.4, 0.5) is 0 Å². The van der Waals surface area contributed by atoms with Crippen LogP contribution in [0, 0.1) is 11.3 Å². The molecule has 2 rings (SSSR count). The Balaban J connectivity index is 2.56. The van der Waals surface area contributed by atoms with Gasteiger partial charge in [-0.3, -0.25) is 0 Å². The lowest BCUT2D eigenvalue weighted by Gasteiger charge is -2.14. The normalized spacial score (nSPS) is 12.1. The van der Waals surface area contributed by atoms with Crippen LogP contribution < -0.4 is 5.73 Å². The van der Waals surface area contributed by atoms with Crippen LogP contribution in [0.1, 0.15) is 22.0 Å². The maximum atomic E-state index is 10.0. The lowest BCUT2D eigenvalue weighted by atomic mass is 10.0. The second-order valence-electron chi connectivity index (χ2n) is 3.46. The summed E-state index contributed by atoms with van der Waals surface area (Å²) in [5, 5.41) is 20.8. The number of rotatable bonds is 2. The highest BCUT2D eigenvalue weighted by atomic mass is 79.9. The smallest absolute Gasteiger partial charge is 0.139 e. The molecule has 3 N–H and O–H groups in total. The molecule has 0 amide bonds. The van der Waals surface area contributed by atoms with Gasteiger partial charge in [0.25, 0.3) is 0 Å². The van der Waals surface area contributed by atoms with Gasteiger partial charge in [-0.1, -0.05) is 22.0 Å². The van der Waals surface area contributed by atoms with Crippen molar-refractivity contribution < 1.29 is 5.11 Å². The molecule has 1 atom stereocenters. The Labute approximate surface area is 111 Å². The van der Waals surface area contributed by atoms with Crippen LogP contribution in [0.15, 0.2) is 34.1 Å². The maximum Gasteiger partial charge on any atom is 0.139 e. The van der Waals surface area contributed by atoms with Crippen LogP contribution in [0.2, 0.25) is 0 Å². The van der Waals surface area contributed by atoms with Crippen molar-refractivity contribution in [3.63, 3.8) is 0 Å². The van der Waals surface area contributed by atoms with Gasteiger partial charge in [-0.15, -0.1) is 11.3 Å². The van der Waals surface area contributed by atoms with Gasteiger partial charge in [0.15, 0.2) is 0 Å². The van der Waals surface area contributed by atoms with Crippen LogP contribution in [0.25, 0.3) is 0 Å². The lowest BCUT2D eigenvalue weighted by Crippen LogP contribution is -2.11. The number of nitriles is 1. The van der Waals surface area contributed by atoms with Crippen molar-refractivity contribution in [1.82, 2.24) is 0 Å². The zero-order chi connectivity index (χ0) is 12.4. The molecule has 0 unspecified atom stereocenters. The molecule has 0 spiro atoms. The molecule has 86 valence electrons. The Morgan fingerprint density at radius 1 is 1.41 bits per heavy atom. The minimum atomic E-state index is -0.433. The van der Waals surface area contributed by atoms with E-state index < -0.39 is 6.04 Å². The number of benzene rings is 1. The van der Waals surface area contributed by atoms with E-state index in [1.54, 1.807) is 12.1 Å². The van der Waals surface area contributed by atoms with Crippen LogP contribution in [-0.4, -0.2) is 5.11 Å². The average molecular weight is 309 g/mol. The summed E-state index contributed by atoms with van der Waals surface area (Å²) in [5.74, 6) is -0.0530. The summed E-state index contributed by atoms with van der Waals surface area (Å²) in [6.07, 6.45) is 0. The predicted octanol–water partition coefficient (Wildman–Crippen LogP) is 3.14. The molecule has 1 aromatic heterocycles. The van der Waals surface area contributed by atoms with Gasteiger partial charge in [0.2, 0.25) is 0 Å². The summed E-state index contributed by atoms with van der Waals surface area (Å²) in [5.41, 5.74) is 6.88. The fourth-order valence-electron chi connectivity index (χ4n) is 1.58. The van der Waals surface area contributed by atoms with E-state index in [-0.39, 0.29) is 11.3 Å². The number of phenolic OH excluding ortho intramolecular Hbond substituents is 1. The topological polar surface area (TPSA) is 70.0 Å². The largest absolute Gasteiger partial charge is 0.506 e. The van der Waals surface area contributed by atoms with Gasteiger partial charge in [-0.2, -0.15) is 5.26 Å². The van der Waals surface area contributed by atoms with Crippen LogP contribution in [0.3, 0.4) is 0 Å². The van der Waals surface area contributed by atoms with Crippen molar-refractivity contribution in [2.75, 3.05) is 0 Å². The van der Waals surface area contributed by atoms with Gasteiger partial charge in [-0.05, 0) is 23.6 Å². The van der Waals surface area contributed by atoms with E-state index in [1.165, 1.54) is 11.3 Å². The zero-order valence-corrected chi connectivity index (χ0v) is 11.1. The van der Waals surface area contributed by atoms with E-state index in [4.69, 9.17) is 11.0 Å². The number of nitrogens with two attached hydrogens (primary N) is 1. The van der Waals surface area contributed by atoms with Gasteiger partial charge in [0, 0.05) is 14.9 Å². The van der Waals surface area contributed by atoms with Gasteiger partial charge < -0.3 is 10.8 Å².